The molecule has 3 aromatic heterocycles. The number of fused-ring (bicyclic) bond motifs is 1. The summed E-state index contributed by atoms with van der Waals surface area (Å²) in [7, 11) is 2.89. The number of benzene rings is 1. The van der Waals surface area contributed by atoms with Crippen molar-refractivity contribution in [1.82, 2.24) is 24.3 Å². The Hall–Kier alpha value is -3.66. The lowest BCUT2D eigenvalue weighted by molar-refractivity contribution is 0.102. The molecule has 0 aliphatic carbocycles. The van der Waals surface area contributed by atoms with E-state index in [1.807, 2.05) is 30.3 Å². The maximum Gasteiger partial charge on any atom is 0.332 e. The fourth-order valence-electron chi connectivity index (χ4n) is 2.71. The molecule has 1 amide bonds. The van der Waals surface area contributed by atoms with Crippen molar-refractivity contribution in [1.29, 1.82) is 0 Å². The molecule has 0 fully saturated rings. The third-order valence-electron chi connectivity index (χ3n) is 4.20. The minimum atomic E-state index is -0.515. The third kappa shape index (κ3) is 2.99. The molecule has 3 heterocycles. The van der Waals surface area contributed by atoms with Crippen LogP contribution in [0.5, 0.6) is 0 Å². The molecule has 4 rings (SSSR count). The maximum absolute atomic E-state index is 12.5. The molecule has 140 valence electrons. The molecule has 0 atom stereocenters. The van der Waals surface area contributed by atoms with Crippen LogP contribution in [0.2, 0.25) is 0 Å². The summed E-state index contributed by atoms with van der Waals surface area (Å²) in [5.41, 5.74) is 0.124. The Balaban J connectivity index is 1.66. The second-order valence-corrected chi connectivity index (χ2v) is 6.98. The molecule has 0 radical (unpaired) electrons. The van der Waals surface area contributed by atoms with E-state index in [0.29, 0.717) is 10.1 Å². The average molecular weight is 394 g/mol. The van der Waals surface area contributed by atoms with Crippen LogP contribution < -0.4 is 16.6 Å². The van der Waals surface area contributed by atoms with Gasteiger partial charge in [-0.15, -0.1) is 10.2 Å². The monoisotopic (exact) mass is 394 g/mol. The van der Waals surface area contributed by atoms with Gasteiger partial charge >= 0.3 is 5.69 Å². The smallest absolute Gasteiger partial charge is 0.295 e. The summed E-state index contributed by atoms with van der Waals surface area (Å²) in [6, 6.07) is 12.4. The summed E-state index contributed by atoms with van der Waals surface area (Å²) in [4.78, 5) is 41.0. The van der Waals surface area contributed by atoms with Gasteiger partial charge in [-0.2, -0.15) is 0 Å². The number of amides is 1. The van der Waals surface area contributed by atoms with Crippen LogP contribution in [0.15, 0.2) is 52.1 Å². The van der Waals surface area contributed by atoms with E-state index in [1.54, 1.807) is 0 Å². The van der Waals surface area contributed by atoms with Gasteiger partial charge in [-0.3, -0.25) is 24.0 Å². The largest absolute Gasteiger partial charge is 0.332 e. The van der Waals surface area contributed by atoms with Crippen molar-refractivity contribution >= 4 is 33.4 Å². The van der Waals surface area contributed by atoms with Crippen LogP contribution in [0.3, 0.4) is 0 Å². The number of carbonyl (C=O) groups is 1. The van der Waals surface area contributed by atoms with E-state index in [1.165, 1.54) is 42.1 Å². The molecule has 0 spiro atoms. The first-order valence-electron chi connectivity index (χ1n) is 8.23. The van der Waals surface area contributed by atoms with E-state index in [0.717, 1.165) is 10.1 Å². The quantitative estimate of drug-likeness (QED) is 0.562. The van der Waals surface area contributed by atoms with E-state index < -0.39 is 17.2 Å². The first-order chi connectivity index (χ1) is 13.5. The molecular formula is C18H14N6O3S. The van der Waals surface area contributed by atoms with Gasteiger partial charge in [-0.25, -0.2) is 9.78 Å². The van der Waals surface area contributed by atoms with Crippen molar-refractivity contribution in [2.75, 3.05) is 5.32 Å². The predicted octanol–water partition coefficient (Wildman–Crippen LogP) is 1.40. The molecule has 0 unspecified atom stereocenters. The highest BCUT2D eigenvalue weighted by Crippen LogP contribution is 2.26. The summed E-state index contributed by atoms with van der Waals surface area (Å²) >= 11 is 1.23. The van der Waals surface area contributed by atoms with Crippen molar-refractivity contribution in [3.05, 3.63) is 69.0 Å². The fourth-order valence-corrected chi connectivity index (χ4v) is 3.46. The highest BCUT2D eigenvalue weighted by molar-refractivity contribution is 7.18. The molecular weight excluding hydrogens is 380 g/mol. The lowest BCUT2D eigenvalue weighted by Gasteiger charge is -2.07. The molecule has 4 aromatic rings. The minimum Gasteiger partial charge on any atom is -0.295 e. The van der Waals surface area contributed by atoms with Crippen LogP contribution in [0.4, 0.5) is 5.13 Å². The van der Waals surface area contributed by atoms with E-state index >= 15 is 0 Å². The van der Waals surface area contributed by atoms with Crippen LogP contribution in [-0.2, 0) is 14.1 Å². The Morgan fingerprint density at radius 3 is 2.50 bits per heavy atom. The Labute approximate surface area is 161 Å². The maximum atomic E-state index is 12.5. The van der Waals surface area contributed by atoms with Crippen molar-refractivity contribution < 1.29 is 4.79 Å². The Bertz CT molecular complexity index is 1320. The number of anilines is 1. The molecule has 9 nitrogen and oxygen atoms in total. The van der Waals surface area contributed by atoms with Gasteiger partial charge in [0.1, 0.15) is 16.3 Å². The number of hydrogen-bond acceptors (Lipinski definition) is 7. The van der Waals surface area contributed by atoms with E-state index in [9.17, 15) is 14.4 Å². The summed E-state index contributed by atoms with van der Waals surface area (Å²) in [5.74, 6) is -0.509. The van der Waals surface area contributed by atoms with Gasteiger partial charge < -0.3 is 0 Å². The van der Waals surface area contributed by atoms with Crippen LogP contribution in [0.25, 0.3) is 21.6 Å². The highest BCUT2D eigenvalue weighted by Gasteiger charge is 2.16. The van der Waals surface area contributed by atoms with E-state index in [2.05, 4.69) is 20.5 Å². The van der Waals surface area contributed by atoms with Crippen LogP contribution >= 0.6 is 11.3 Å². The van der Waals surface area contributed by atoms with Gasteiger partial charge in [0.25, 0.3) is 11.5 Å². The zero-order valence-electron chi connectivity index (χ0n) is 14.9. The molecule has 0 saturated carbocycles. The van der Waals surface area contributed by atoms with E-state index in [-0.39, 0.29) is 16.7 Å². The molecule has 0 saturated heterocycles. The zero-order valence-corrected chi connectivity index (χ0v) is 15.7. The van der Waals surface area contributed by atoms with E-state index in [4.69, 9.17) is 0 Å². The van der Waals surface area contributed by atoms with Crippen molar-refractivity contribution in [2.45, 2.75) is 0 Å². The third-order valence-corrected chi connectivity index (χ3v) is 5.09. The molecule has 1 N–H and O–H groups in total. The topological polar surface area (TPSA) is 112 Å². The summed E-state index contributed by atoms with van der Waals surface area (Å²) in [6.07, 6.45) is 0. The van der Waals surface area contributed by atoms with Crippen LogP contribution in [0, 0.1) is 0 Å². The number of rotatable bonds is 3. The standard InChI is InChI=1S/C18H14N6O3S/c1-23-13-11(16(26)24(2)18(23)27)8-9-12(19-13)14(25)20-17-22-21-15(28-17)10-6-4-3-5-7-10/h3-9H,1-2H3,(H,20,22,25). The normalized spacial score (nSPS) is 10.9. The molecule has 10 heteroatoms. The molecule has 1 aromatic carbocycles. The lowest BCUT2D eigenvalue weighted by Crippen LogP contribution is -2.37. The molecule has 0 aliphatic heterocycles. The zero-order chi connectivity index (χ0) is 19.8. The fraction of sp³-hybridized carbons (Fsp3) is 0.111. The van der Waals surface area contributed by atoms with Crippen molar-refractivity contribution in [2.24, 2.45) is 14.1 Å². The second-order valence-electron chi connectivity index (χ2n) is 6.01. The lowest BCUT2D eigenvalue weighted by atomic mass is 10.2. The number of carbonyl (C=O) groups excluding carboxylic acids is 1. The van der Waals surface area contributed by atoms with Crippen LogP contribution in [0.1, 0.15) is 10.5 Å². The predicted molar refractivity (Wildman–Crippen MR) is 106 cm³/mol. The summed E-state index contributed by atoms with van der Waals surface area (Å²) in [5, 5.41) is 11.9. The minimum absolute atomic E-state index is 0.0622. The van der Waals surface area contributed by atoms with Gasteiger partial charge in [0.05, 0.1) is 5.39 Å². The SMILES string of the molecule is Cn1c(=O)c2ccc(C(=O)Nc3nnc(-c4ccccc4)s3)nc2n(C)c1=O. The molecule has 0 aliphatic rings. The van der Waals surface area contributed by atoms with Crippen LogP contribution in [-0.4, -0.2) is 30.2 Å². The number of aryl methyl sites for hydroxylation is 1. The summed E-state index contributed by atoms with van der Waals surface area (Å²) in [6.45, 7) is 0. The molecule has 28 heavy (non-hydrogen) atoms. The Morgan fingerprint density at radius 1 is 1.00 bits per heavy atom. The number of nitrogens with one attached hydrogen (secondary N) is 1. The first-order valence-corrected chi connectivity index (χ1v) is 9.04. The van der Waals surface area contributed by atoms with Gasteiger partial charge in [0.2, 0.25) is 5.13 Å². The Morgan fingerprint density at radius 2 is 1.75 bits per heavy atom. The first kappa shape index (κ1) is 17.7. The number of hydrogen-bond donors (Lipinski definition) is 1. The second kappa shape index (κ2) is 6.82. The van der Waals surface area contributed by atoms with Gasteiger partial charge in [-0.1, -0.05) is 41.7 Å². The van der Waals surface area contributed by atoms with Crippen molar-refractivity contribution in [3.8, 4) is 10.6 Å². The Kier molecular flexibility index (Phi) is 4.32. The number of nitrogens with zero attached hydrogens (tertiary/aromatic N) is 5. The average Bonchev–Trinajstić information content (AvgIpc) is 3.19. The molecule has 0 bridgehead atoms. The number of aromatic nitrogens is 5. The van der Waals surface area contributed by atoms with Gasteiger partial charge in [0.15, 0.2) is 0 Å². The number of pyridine rings is 1. The summed E-state index contributed by atoms with van der Waals surface area (Å²) < 4.78 is 2.22. The highest BCUT2D eigenvalue weighted by atomic mass is 32.1. The van der Waals surface area contributed by atoms with Gasteiger partial charge in [-0.05, 0) is 12.1 Å². The van der Waals surface area contributed by atoms with Gasteiger partial charge in [0, 0.05) is 19.7 Å². The van der Waals surface area contributed by atoms with Crippen molar-refractivity contribution in [3.63, 3.8) is 0 Å².